The summed E-state index contributed by atoms with van der Waals surface area (Å²) in [4.78, 5) is 22.9. The number of hydrogen-bond acceptors (Lipinski definition) is 4. The highest BCUT2D eigenvalue weighted by atomic mass is 16.7. The Kier molecular flexibility index (Phi) is 7.91. The van der Waals surface area contributed by atoms with E-state index in [0.29, 0.717) is 18.8 Å². The molecule has 6 nitrogen and oxygen atoms in total. The summed E-state index contributed by atoms with van der Waals surface area (Å²) in [6.45, 7) is 7.53. The maximum absolute atomic E-state index is 11.5. The van der Waals surface area contributed by atoms with Gasteiger partial charge in [-0.2, -0.15) is 0 Å². The van der Waals surface area contributed by atoms with E-state index in [-0.39, 0.29) is 11.1 Å². The maximum Gasteiger partial charge on any atom is 0.336 e. The molecule has 0 bridgehead atoms. The van der Waals surface area contributed by atoms with Gasteiger partial charge in [0, 0.05) is 12.0 Å². The lowest BCUT2D eigenvalue weighted by Crippen LogP contribution is -2.26. The second kappa shape index (κ2) is 11.1. The van der Waals surface area contributed by atoms with E-state index in [1.807, 2.05) is 12.1 Å². The number of benzene rings is 3. The largest absolute Gasteiger partial charge is 0.478 e. The van der Waals surface area contributed by atoms with Crippen LogP contribution in [0.3, 0.4) is 0 Å². The first kappa shape index (κ1) is 26.3. The third kappa shape index (κ3) is 5.50. The number of aryl methyl sites for hydroxylation is 2. The molecule has 1 aliphatic rings. The van der Waals surface area contributed by atoms with E-state index in [1.54, 1.807) is 12.1 Å². The highest BCUT2D eigenvalue weighted by Gasteiger charge is 2.37. The van der Waals surface area contributed by atoms with E-state index < -0.39 is 17.7 Å². The lowest BCUT2D eigenvalue weighted by molar-refractivity contribution is -0.167. The number of aromatic carboxylic acids is 2. The van der Waals surface area contributed by atoms with Crippen LogP contribution in [0.2, 0.25) is 0 Å². The predicted octanol–water partition coefficient (Wildman–Crippen LogP) is 6.79. The average Bonchev–Trinajstić information content (AvgIpc) is 3.39. The number of carbonyl (C=O) groups is 2. The number of carboxylic acid groups (broad SMARTS) is 2. The van der Waals surface area contributed by atoms with Crippen molar-refractivity contribution in [3.05, 3.63) is 93.5 Å². The molecule has 0 aliphatic carbocycles. The van der Waals surface area contributed by atoms with Crippen LogP contribution in [0.4, 0.5) is 0 Å². The molecule has 0 amide bonds. The van der Waals surface area contributed by atoms with Crippen LogP contribution in [0.15, 0.2) is 54.6 Å². The minimum atomic E-state index is -1.27. The van der Waals surface area contributed by atoms with Crippen LogP contribution in [-0.4, -0.2) is 35.4 Å². The molecule has 192 valence electrons. The SMILES string of the molecule is CCCc1cc(C2(CC)OCCO2)ccc1-c1cc(/C=C\c2ccc(C(=O)O)c(C(=O)O)c2)ccc1C. The topological polar surface area (TPSA) is 93.1 Å². The summed E-state index contributed by atoms with van der Waals surface area (Å²) < 4.78 is 12.0. The molecule has 1 aliphatic heterocycles. The van der Waals surface area contributed by atoms with Crippen molar-refractivity contribution in [3.63, 3.8) is 0 Å². The Labute approximate surface area is 217 Å². The Morgan fingerprint density at radius 3 is 2.11 bits per heavy atom. The van der Waals surface area contributed by atoms with Gasteiger partial charge in [-0.25, -0.2) is 9.59 Å². The van der Waals surface area contributed by atoms with Crippen molar-refractivity contribution >= 4 is 24.1 Å². The Morgan fingerprint density at radius 2 is 1.49 bits per heavy atom. The summed E-state index contributed by atoms with van der Waals surface area (Å²) in [6, 6.07) is 17.0. The first-order valence-electron chi connectivity index (χ1n) is 12.6. The highest BCUT2D eigenvalue weighted by Crippen LogP contribution is 2.38. The van der Waals surface area contributed by atoms with Gasteiger partial charge in [0.05, 0.1) is 24.3 Å². The molecule has 1 heterocycles. The maximum atomic E-state index is 11.5. The Bertz CT molecular complexity index is 1350. The smallest absolute Gasteiger partial charge is 0.336 e. The van der Waals surface area contributed by atoms with Gasteiger partial charge >= 0.3 is 11.9 Å². The van der Waals surface area contributed by atoms with Crippen molar-refractivity contribution in [3.8, 4) is 11.1 Å². The van der Waals surface area contributed by atoms with Gasteiger partial charge in [0.15, 0.2) is 5.79 Å². The van der Waals surface area contributed by atoms with Crippen molar-refractivity contribution in [2.75, 3.05) is 13.2 Å². The normalized spacial score (nSPS) is 14.8. The number of rotatable bonds is 9. The number of hydrogen-bond donors (Lipinski definition) is 2. The summed E-state index contributed by atoms with van der Waals surface area (Å²) in [5.74, 6) is -3.21. The van der Waals surface area contributed by atoms with E-state index in [1.165, 1.54) is 23.3 Å². The zero-order chi connectivity index (χ0) is 26.6. The molecule has 3 aromatic rings. The van der Waals surface area contributed by atoms with Gasteiger partial charge in [-0.3, -0.25) is 0 Å². The van der Waals surface area contributed by atoms with Crippen molar-refractivity contribution in [2.24, 2.45) is 0 Å². The summed E-state index contributed by atoms with van der Waals surface area (Å²) in [5, 5.41) is 18.7. The predicted molar refractivity (Wildman–Crippen MR) is 144 cm³/mol. The monoisotopic (exact) mass is 500 g/mol. The quantitative estimate of drug-likeness (QED) is 0.314. The van der Waals surface area contributed by atoms with Gasteiger partial charge in [-0.1, -0.05) is 62.8 Å². The van der Waals surface area contributed by atoms with Crippen LogP contribution in [0.5, 0.6) is 0 Å². The van der Waals surface area contributed by atoms with Crippen LogP contribution < -0.4 is 0 Å². The molecule has 3 aromatic carbocycles. The molecular formula is C31H32O6. The highest BCUT2D eigenvalue weighted by molar-refractivity contribution is 6.02. The molecule has 2 N–H and O–H groups in total. The third-order valence-electron chi connectivity index (χ3n) is 6.81. The minimum absolute atomic E-state index is 0.229. The van der Waals surface area contributed by atoms with Crippen molar-refractivity contribution < 1.29 is 29.3 Å². The Hall–Kier alpha value is -3.74. The second-order valence-electron chi connectivity index (χ2n) is 9.25. The number of carboxylic acids is 2. The zero-order valence-electron chi connectivity index (χ0n) is 21.4. The Morgan fingerprint density at radius 1 is 0.838 bits per heavy atom. The van der Waals surface area contributed by atoms with E-state index in [4.69, 9.17) is 9.47 Å². The fraction of sp³-hybridized carbons (Fsp3) is 0.290. The van der Waals surface area contributed by atoms with Gasteiger partial charge in [0.25, 0.3) is 0 Å². The summed E-state index contributed by atoms with van der Waals surface area (Å²) in [5.41, 5.74) is 6.85. The molecule has 1 saturated heterocycles. The standard InChI is InChI=1S/C31H32O6/c1-4-6-23-19-24(31(5-2)36-15-16-37-31)12-14-25(23)27-17-21(8-7-20(27)3)9-10-22-11-13-26(29(32)33)28(18-22)30(34)35/h7-14,17-19H,4-6,15-16H2,1-3H3,(H,32,33)(H,34,35)/b10-9-. The van der Waals surface area contributed by atoms with E-state index in [9.17, 15) is 19.8 Å². The van der Waals surface area contributed by atoms with Crippen LogP contribution >= 0.6 is 0 Å². The average molecular weight is 501 g/mol. The zero-order valence-corrected chi connectivity index (χ0v) is 21.4. The Balaban J connectivity index is 1.70. The van der Waals surface area contributed by atoms with E-state index in [2.05, 4.69) is 51.1 Å². The molecular weight excluding hydrogens is 468 g/mol. The molecule has 0 spiro atoms. The molecule has 0 unspecified atom stereocenters. The van der Waals surface area contributed by atoms with Crippen LogP contribution in [0.25, 0.3) is 23.3 Å². The van der Waals surface area contributed by atoms with E-state index >= 15 is 0 Å². The van der Waals surface area contributed by atoms with Gasteiger partial charge in [-0.05, 0) is 71.0 Å². The molecule has 6 heteroatoms. The third-order valence-corrected chi connectivity index (χ3v) is 6.81. The molecule has 1 fully saturated rings. The summed E-state index contributed by atoms with van der Waals surface area (Å²) in [7, 11) is 0. The van der Waals surface area contributed by atoms with Gasteiger partial charge < -0.3 is 19.7 Å². The molecule has 0 saturated carbocycles. The number of ether oxygens (including phenoxy) is 2. The summed E-state index contributed by atoms with van der Waals surface area (Å²) in [6.07, 6.45) is 6.38. The van der Waals surface area contributed by atoms with Crippen molar-refractivity contribution in [1.29, 1.82) is 0 Å². The molecule has 0 radical (unpaired) electrons. The van der Waals surface area contributed by atoms with Crippen LogP contribution in [0, 0.1) is 6.92 Å². The first-order valence-corrected chi connectivity index (χ1v) is 12.6. The van der Waals surface area contributed by atoms with Crippen LogP contribution in [-0.2, 0) is 21.7 Å². The molecule has 37 heavy (non-hydrogen) atoms. The molecule has 0 atom stereocenters. The van der Waals surface area contributed by atoms with Gasteiger partial charge in [0.2, 0.25) is 0 Å². The lowest BCUT2D eigenvalue weighted by atomic mass is 9.89. The summed E-state index contributed by atoms with van der Waals surface area (Å²) >= 11 is 0. The first-order chi connectivity index (χ1) is 17.8. The van der Waals surface area contributed by atoms with Crippen LogP contribution in [0.1, 0.15) is 75.2 Å². The second-order valence-corrected chi connectivity index (χ2v) is 9.25. The van der Waals surface area contributed by atoms with E-state index in [0.717, 1.165) is 41.5 Å². The fourth-order valence-electron chi connectivity index (χ4n) is 4.85. The molecule has 0 aromatic heterocycles. The molecule has 4 rings (SSSR count). The van der Waals surface area contributed by atoms with Gasteiger partial charge in [0.1, 0.15) is 0 Å². The van der Waals surface area contributed by atoms with Gasteiger partial charge in [-0.15, -0.1) is 0 Å². The lowest BCUT2D eigenvalue weighted by Gasteiger charge is -2.27. The van der Waals surface area contributed by atoms with Crippen molar-refractivity contribution in [1.82, 2.24) is 0 Å². The van der Waals surface area contributed by atoms with Crippen molar-refractivity contribution in [2.45, 2.75) is 45.8 Å². The fourth-order valence-corrected chi connectivity index (χ4v) is 4.85. The minimum Gasteiger partial charge on any atom is -0.478 e.